The number of benzene rings is 1. The Labute approximate surface area is 277 Å². The molecule has 1 aromatic carbocycles. The van der Waals surface area contributed by atoms with Crippen LogP contribution in [0.15, 0.2) is 59.9 Å². The number of carbonyl (C=O) groups is 1. The number of fused-ring (bicyclic) bond motifs is 4. The van der Waals surface area contributed by atoms with Crippen LogP contribution < -0.4 is 14.4 Å². The third-order valence-electron chi connectivity index (χ3n) is 8.50. The maximum absolute atomic E-state index is 13.6. The molecule has 2 aliphatic heterocycles. The Hall–Kier alpha value is -4.09. The van der Waals surface area contributed by atoms with Gasteiger partial charge in [0.2, 0.25) is 11.8 Å². The SMILES string of the molecule is [2H]C1([2H])N(CCCOc2ncc(-c3ccc4ncc5c(c4c3)C3(CCC3)C(=O)N5C)cc2NS(=O)(=O)c2ccc(C)nc2)C([2H])([2H])C([2H])([2H])C([2H])([2H])C1([2H])[2H]. The summed E-state index contributed by atoms with van der Waals surface area (Å²) in [5, 5.41) is 0.792. The number of nitrogens with one attached hydrogen (secondary N) is 1. The first-order valence-electron chi connectivity index (χ1n) is 19.6. The molecule has 1 aliphatic carbocycles. The molecule has 234 valence electrons. The van der Waals surface area contributed by atoms with Crippen LogP contribution in [0.5, 0.6) is 5.88 Å². The molecule has 5 heterocycles. The summed E-state index contributed by atoms with van der Waals surface area (Å²) in [7, 11) is -2.50. The van der Waals surface area contributed by atoms with E-state index >= 15 is 0 Å². The van der Waals surface area contributed by atoms with Gasteiger partial charge in [-0.15, -0.1) is 0 Å². The molecule has 2 fully saturated rings. The molecule has 1 saturated carbocycles. The van der Waals surface area contributed by atoms with E-state index < -0.39 is 54.1 Å². The quantitative estimate of drug-likeness (QED) is 0.241. The molecule has 3 aromatic heterocycles. The first-order valence-corrected chi connectivity index (χ1v) is 16.1. The monoisotopic (exact) mass is 636 g/mol. The van der Waals surface area contributed by atoms with Crippen molar-refractivity contribution in [3.63, 3.8) is 0 Å². The number of amides is 1. The predicted octanol–water partition coefficient (Wildman–Crippen LogP) is 5.45. The second kappa shape index (κ2) is 11.7. The highest BCUT2D eigenvalue weighted by Crippen LogP contribution is 2.55. The molecule has 0 unspecified atom stereocenters. The van der Waals surface area contributed by atoms with Gasteiger partial charge in [0, 0.05) is 61.9 Å². The first-order chi connectivity index (χ1) is 25.5. The number of hydrogen-bond donors (Lipinski definition) is 1. The lowest BCUT2D eigenvalue weighted by atomic mass is 9.64. The van der Waals surface area contributed by atoms with E-state index in [1.807, 2.05) is 12.1 Å². The van der Waals surface area contributed by atoms with Crippen molar-refractivity contribution >= 4 is 38.2 Å². The van der Waals surface area contributed by atoms with Gasteiger partial charge in [0.15, 0.2) is 0 Å². The minimum atomic E-state index is -4.25. The van der Waals surface area contributed by atoms with Crippen LogP contribution in [0.4, 0.5) is 11.4 Å². The number of piperidine rings is 1. The second-order valence-electron chi connectivity index (χ2n) is 11.3. The third-order valence-corrected chi connectivity index (χ3v) is 9.85. The van der Waals surface area contributed by atoms with Crippen molar-refractivity contribution in [2.45, 2.75) is 62.0 Å². The molecule has 0 atom stereocenters. The van der Waals surface area contributed by atoms with E-state index in [2.05, 4.69) is 19.7 Å². The van der Waals surface area contributed by atoms with Gasteiger partial charge >= 0.3 is 0 Å². The summed E-state index contributed by atoms with van der Waals surface area (Å²) in [5.41, 5.74) is 3.38. The molecule has 0 bridgehead atoms. The van der Waals surface area contributed by atoms with Gasteiger partial charge in [-0.3, -0.25) is 19.5 Å². The highest BCUT2D eigenvalue weighted by Gasteiger charge is 2.54. The van der Waals surface area contributed by atoms with Gasteiger partial charge in [-0.1, -0.05) is 18.9 Å². The molecule has 0 radical (unpaired) electrons. The Morgan fingerprint density at radius 2 is 1.82 bits per heavy atom. The van der Waals surface area contributed by atoms with E-state index in [9.17, 15) is 13.2 Å². The summed E-state index contributed by atoms with van der Waals surface area (Å²) < 4.78 is 118. The Balaban J connectivity index is 1.21. The molecule has 1 spiro atoms. The Morgan fingerprint density at radius 3 is 2.56 bits per heavy atom. The average Bonchev–Trinajstić information content (AvgIpc) is 3.34. The largest absolute Gasteiger partial charge is 0.476 e. The number of ether oxygens (including phenoxy) is 1. The van der Waals surface area contributed by atoms with Crippen molar-refractivity contribution in [2.75, 3.05) is 42.8 Å². The molecule has 1 saturated heterocycles. The van der Waals surface area contributed by atoms with Crippen LogP contribution in [0, 0.1) is 6.92 Å². The smallest absolute Gasteiger partial charge is 0.263 e. The van der Waals surface area contributed by atoms with E-state index in [0.29, 0.717) is 27.2 Å². The molecule has 45 heavy (non-hydrogen) atoms. The molecule has 1 amide bonds. The zero-order valence-electron chi connectivity index (χ0n) is 34.7. The summed E-state index contributed by atoms with van der Waals surface area (Å²) in [6, 6.07) is 9.95. The lowest BCUT2D eigenvalue weighted by molar-refractivity contribution is -0.125. The fourth-order valence-electron chi connectivity index (χ4n) is 6.02. The van der Waals surface area contributed by atoms with Crippen LogP contribution in [-0.2, 0) is 20.2 Å². The van der Waals surface area contributed by atoms with Crippen LogP contribution in [0.2, 0.25) is 0 Å². The Kier molecular flexibility index (Phi) is 5.22. The van der Waals surface area contributed by atoms with Gasteiger partial charge in [0.1, 0.15) is 10.6 Å². The number of likely N-dealkylation sites (tertiary alicyclic amines) is 1. The fourth-order valence-corrected chi connectivity index (χ4v) is 7.01. The van der Waals surface area contributed by atoms with Crippen LogP contribution in [0.1, 0.15) is 69.8 Å². The zero-order chi connectivity index (χ0) is 40.1. The highest BCUT2D eigenvalue weighted by molar-refractivity contribution is 7.92. The van der Waals surface area contributed by atoms with Crippen molar-refractivity contribution in [1.82, 2.24) is 19.9 Å². The summed E-state index contributed by atoms with van der Waals surface area (Å²) in [6.07, 6.45) is -3.91. The van der Waals surface area contributed by atoms with E-state index in [-0.39, 0.29) is 35.4 Å². The number of carbonyl (C=O) groups excluding carboxylic acids is 1. The van der Waals surface area contributed by atoms with Crippen LogP contribution in [0.25, 0.3) is 22.0 Å². The predicted molar refractivity (Wildman–Crippen MR) is 174 cm³/mol. The van der Waals surface area contributed by atoms with Gasteiger partial charge in [0.25, 0.3) is 10.0 Å². The second-order valence-corrected chi connectivity index (χ2v) is 13.0. The van der Waals surface area contributed by atoms with Crippen LogP contribution in [0.3, 0.4) is 0 Å². The number of aryl methyl sites for hydroxylation is 1. The van der Waals surface area contributed by atoms with Gasteiger partial charge in [0.05, 0.1) is 29.4 Å². The maximum Gasteiger partial charge on any atom is 0.263 e. The third kappa shape index (κ3) is 5.42. The van der Waals surface area contributed by atoms with Gasteiger partial charge in [-0.2, -0.15) is 0 Å². The number of rotatable bonds is 9. The van der Waals surface area contributed by atoms with Gasteiger partial charge < -0.3 is 14.5 Å². The molecule has 7 rings (SSSR count). The number of likely N-dealkylation sites (N-methyl/N-ethyl adjacent to an activating group) is 1. The number of sulfonamides is 1. The topological polar surface area (TPSA) is 118 Å². The molecule has 10 nitrogen and oxygen atoms in total. The number of nitrogens with zero attached hydrogens (tertiary/aromatic N) is 5. The normalized spacial score (nSPS) is 26.7. The molecular weight excluding hydrogens is 588 g/mol. The van der Waals surface area contributed by atoms with Gasteiger partial charge in [-0.25, -0.2) is 13.4 Å². The van der Waals surface area contributed by atoms with Crippen molar-refractivity contribution in [3.8, 4) is 17.0 Å². The zero-order valence-corrected chi connectivity index (χ0v) is 25.5. The van der Waals surface area contributed by atoms with Gasteiger partial charge in [-0.05, 0) is 87.8 Å². The van der Waals surface area contributed by atoms with Crippen molar-refractivity contribution in [2.24, 2.45) is 0 Å². The standard InChI is InChI=1S/C34H38N6O4S/c1-23-8-10-26(21-35-23)45(42,43)38-29-19-25(20-37-32(29)44-17-7-16-40-14-4-3-5-15-40)24-9-11-28-27(18-24)31-30(22-36-28)39(2)33(41)34(31)12-6-13-34/h8-11,18-22,38H,3-7,12-17H2,1-2H3/i3D2,4D2,5D2,14D2,15D2. The number of aromatic nitrogens is 3. The fraction of sp³-hybridized carbons (Fsp3) is 0.412. The van der Waals surface area contributed by atoms with E-state index in [1.165, 1.54) is 30.6 Å². The summed E-state index contributed by atoms with van der Waals surface area (Å²) >= 11 is 0. The molecule has 1 N–H and O–H groups in total. The Bertz CT molecular complexity index is 2300. The lowest BCUT2D eigenvalue weighted by Crippen LogP contribution is -2.43. The Morgan fingerprint density at radius 1 is 1.00 bits per heavy atom. The molecule has 11 heteroatoms. The van der Waals surface area contributed by atoms with E-state index in [1.54, 1.807) is 31.1 Å². The molecular formula is C34H38N6O4S. The minimum absolute atomic E-state index is 0.0322. The van der Waals surface area contributed by atoms with Crippen LogP contribution in [-0.4, -0.2) is 67.4 Å². The maximum atomic E-state index is 13.6. The summed E-state index contributed by atoms with van der Waals surface area (Å²) in [5.74, 6) is -0.159. The number of pyridine rings is 3. The average molecular weight is 637 g/mol. The van der Waals surface area contributed by atoms with E-state index in [0.717, 1.165) is 35.9 Å². The number of anilines is 2. The van der Waals surface area contributed by atoms with Crippen molar-refractivity contribution in [1.29, 1.82) is 0 Å². The molecule has 3 aliphatic rings. The van der Waals surface area contributed by atoms with Crippen molar-refractivity contribution < 1.29 is 31.7 Å². The molecule has 4 aromatic rings. The lowest BCUT2D eigenvalue weighted by Gasteiger charge is -2.37. The summed E-state index contributed by atoms with van der Waals surface area (Å²) in [6.45, 7) is -5.77. The van der Waals surface area contributed by atoms with Crippen molar-refractivity contribution in [3.05, 3.63) is 66.2 Å². The van der Waals surface area contributed by atoms with E-state index in [4.69, 9.17) is 18.4 Å². The first kappa shape index (κ1) is 20.1. The van der Waals surface area contributed by atoms with Crippen LogP contribution >= 0.6 is 0 Å². The minimum Gasteiger partial charge on any atom is -0.476 e. The highest BCUT2D eigenvalue weighted by atomic mass is 32.2. The summed E-state index contributed by atoms with van der Waals surface area (Å²) in [4.78, 5) is 28.3. The number of hydrogen-bond acceptors (Lipinski definition) is 8.